The third-order valence-electron chi connectivity index (χ3n) is 5.02. The topological polar surface area (TPSA) is 126 Å². The lowest BCUT2D eigenvalue weighted by Crippen LogP contribution is -2.34. The number of rotatable bonds is 9. The number of pyridine rings is 1. The number of para-hydroxylation sites is 1. The number of carbonyl (C=O) groups is 1. The summed E-state index contributed by atoms with van der Waals surface area (Å²) in [4.78, 5) is 19.4. The number of thiophene rings is 1. The minimum atomic E-state index is -3.73. The molecule has 0 spiro atoms. The molecule has 4 rings (SSSR count). The SMILES string of the molecule is CS(=O)(=O)Nc1ccccc1-c1ccc(N2CC=C(NS(=O)(=O)CCc3ccc(Cl)s3)C2=O)nc1. The van der Waals surface area contributed by atoms with Crippen LogP contribution in [0.2, 0.25) is 4.34 Å². The Hall–Kier alpha value is -2.93. The maximum atomic E-state index is 12.8. The zero-order valence-corrected chi connectivity index (χ0v) is 21.6. The van der Waals surface area contributed by atoms with Gasteiger partial charge in [0.15, 0.2) is 0 Å². The van der Waals surface area contributed by atoms with Crippen molar-refractivity contribution in [1.29, 1.82) is 0 Å². The fourth-order valence-electron chi connectivity index (χ4n) is 3.45. The van der Waals surface area contributed by atoms with Crippen LogP contribution in [0.15, 0.2) is 66.5 Å². The first-order valence-corrected chi connectivity index (χ1v) is 15.0. The van der Waals surface area contributed by atoms with Crippen LogP contribution in [-0.2, 0) is 31.3 Å². The molecule has 35 heavy (non-hydrogen) atoms. The second kappa shape index (κ2) is 9.97. The Morgan fingerprint density at radius 2 is 1.83 bits per heavy atom. The van der Waals surface area contributed by atoms with Crippen LogP contribution < -0.4 is 14.3 Å². The highest BCUT2D eigenvalue weighted by atomic mass is 35.5. The van der Waals surface area contributed by atoms with Crippen LogP contribution >= 0.6 is 22.9 Å². The van der Waals surface area contributed by atoms with E-state index in [4.69, 9.17) is 11.6 Å². The normalized spacial score (nSPS) is 14.2. The smallest absolute Gasteiger partial charge is 0.276 e. The molecule has 184 valence electrons. The van der Waals surface area contributed by atoms with E-state index in [0.29, 0.717) is 27.0 Å². The van der Waals surface area contributed by atoms with Crippen LogP contribution in [-0.4, -0.2) is 46.3 Å². The molecule has 0 saturated heterocycles. The summed E-state index contributed by atoms with van der Waals surface area (Å²) < 4.78 is 53.7. The zero-order chi connectivity index (χ0) is 25.2. The maximum Gasteiger partial charge on any atom is 0.276 e. The van der Waals surface area contributed by atoms with E-state index in [9.17, 15) is 21.6 Å². The summed E-state index contributed by atoms with van der Waals surface area (Å²) in [6, 6.07) is 13.7. The summed E-state index contributed by atoms with van der Waals surface area (Å²) in [5.41, 5.74) is 1.66. The molecule has 9 nitrogen and oxygen atoms in total. The summed E-state index contributed by atoms with van der Waals surface area (Å²) in [5.74, 6) is -0.347. The second-order valence-electron chi connectivity index (χ2n) is 7.74. The number of amides is 1. The van der Waals surface area contributed by atoms with Gasteiger partial charge in [-0.05, 0) is 42.8 Å². The van der Waals surface area contributed by atoms with Crippen LogP contribution in [0.4, 0.5) is 11.5 Å². The van der Waals surface area contributed by atoms with Crippen molar-refractivity contribution in [2.24, 2.45) is 0 Å². The van der Waals surface area contributed by atoms with Crippen molar-refractivity contribution in [3.63, 3.8) is 0 Å². The van der Waals surface area contributed by atoms with Gasteiger partial charge in [0, 0.05) is 28.7 Å². The summed E-state index contributed by atoms with van der Waals surface area (Å²) in [7, 11) is -7.20. The number of carbonyl (C=O) groups excluding carboxylic acids is 1. The standard InChI is InChI=1S/C22H21ClN4O5S3/c1-34(29,30)25-18-5-3-2-4-17(18)15-6-9-21(24-14-15)27-12-10-19(22(27)28)26-35(31,32)13-11-16-7-8-20(23)33-16/h2-10,14,25-26H,11-13H2,1H3. The van der Waals surface area contributed by atoms with Crippen LogP contribution in [0.3, 0.4) is 0 Å². The van der Waals surface area contributed by atoms with Crippen molar-refractivity contribution in [1.82, 2.24) is 9.71 Å². The molecule has 0 saturated carbocycles. The highest BCUT2D eigenvalue weighted by molar-refractivity contribution is 7.92. The number of aromatic nitrogens is 1. The zero-order valence-electron chi connectivity index (χ0n) is 18.4. The van der Waals surface area contributed by atoms with Gasteiger partial charge in [-0.15, -0.1) is 11.3 Å². The lowest BCUT2D eigenvalue weighted by atomic mass is 10.1. The summed E-state index contributed by atoms with van der Waals surface area (Å²) in [5, 5.41) is 0. The summed E-state index contributed by atoms with van der Waals surface area (Å²) in [6.45, 7) is 0.162. The number of aryl methyl sites for hydroxylation is 1. The number of nitrogens with zero attached hydrogens (tertiary/aromatic N) is 2. The van der Waals surface area contributed by atoms with Crippen molar-refractivity contribution < 1.29 is 21.6 Å². The van der Waals surface area contributed by atoms with Crippen LogP contribution in [0.1, 0.15) is 4.88 Å². The molecule has 2 N–H and O–H groups in total. The molecule has 1 amide bonds. The van der Waals surface area contributed by atoms with Gasteiger partial charge in [0.1, 0.15) is 11.5 Å². The van der Waals surface area contributed by atoms with E-state index in [0.717, 1.165) is 11.1 Å². The predicted molar refractivity (Wildman–Crippen MR) is 139 cm³/mol. The van der Waals surface area contributed by atoms with Crippen LogP contribution in [0.5, 0.6) is 0 Å². The number of sulfonamides is 2. The van der Waals surface area contributed by atoms with Gasteiger partial charge in [-0.25, -0.2) is 21.8 Å². The molecule has 0 bridgehead atoms. The highest BCUT2D eigenvalue weighted by Gasteiger charge is 2.29. The number of benzene rings is 1. The van der Waals surface area contributed by atoms with Crippen molar-refractivity contribution in [3.05, 3.63) is 75.7 Å². The van der Waals surface area contributed by atoms with Gasteiger partial charge < -0.3 is 0 Å². The molecule has 0 fully saturated rings. The minimum Gasteiger partial charge on any atom is -0.287 e. The van der Waals surface area contributed by atoms with Gasteiger partial charge in [0.25, 0.3) is 5.91 Å². The monoisotopic (exact) mass is 552 g/mol. The largest absolute Gasteiger partial charge is 0.287 e. The number of hydrogen-bond acceptors (Lipinski definition) is 7. The Balaban J connectivity index is 1.43. The Bertz CT molecular complexity index is 1500. The summed E-state index contributed by atoms with van der Waals surface area (Å²) >= 11 is 7.19. The van der Waals surface area contributed by atoms with Gasteiger partial charge in [-0.2, -0.15) is 0 Å². The van der Waals surface area contributed by atoms with Gasteiger partial charge in [-0.3, -0.25) is 19.1 Å². The fraction of sp³-hybridized carbons (Fsp3) is 0.182. The molecule has 13 heteroatoms. The first-order valence-electron chi connectivity index (χ1n) is 10.3. The van der Waals surface area contributed by atoms with E-state index < -0.39 is 26.0 Å². The van der Waals surface area contributed by atoms with E-state index in [-0.39, 0.29) is 24.4 Å². The van der Waals surface area contributed by atoms with E-state index >= 15 is 0 Å². The molecule has 1 aliphatic rings. The third kappa shape index (κ3) is 6.40. The molecule has 0 aliphatic carbocycles. The first-order chi connectivity index (χ1) is 16.5. The highest BCUT2D eigenvalue weighted by Crippen LogP contribution is 2.29. The molecule has 0 unspecified atom stereocenters. The Morgan fingerprint density at radius 1 is 1.06 bits per heavy atom. The number of nitrogens with one attached hydrogen (secondary N) is 2. The molecule has 3 aromatic rings. The molecule has 3 heterocycles. The summed E-state index contributed by atoms with van der Waals surface area (Å²) in [6.07, 6.45) is 4.39. The molecule has 0 radical (unpaired) electrons. The van der Waals surface area contributed by atoms with Crippen molar-refractivity contribution in [3.8, 4) is 11.1 Å². The quantitative estimate of drug-likeness (QED) is 0.420. The van der Waals surface area contributed by atoms with Gasteiger partial charge in [-0.1, -0.05) is 29.8 Å². The van der Waals surface area contributed by atoms with Crippen molar-refractivity contribution in [2.75, 3.05) is 28.2 Å². The maximum absolute atomic E-state index is 12.8. The average molecular weight is 553 g/mol. The number of hydrogen-bond donors (Lipinski definition) is 2. The first kappa shape index (κ1) is 25.2. The van der Waals surface area contributed by atoms with Gasteiger partial charge in [0.05, 0.1) is 22.0 Å². The van der Waals surface area contributed by atoms with E-state index in [1.165, 1.54) is 28.5 Å². The molecular formula is C22H21ClN4O5S3. The number of halogens is 1. The predicted octanol–water partition coefficient (Wildman–Crippen LogP) is 3.23. The fourth-order valence-corrected chi connectivity index (χ4v) is 6.34. The van der Waals surface area contributed by atoms with Crippen molar-refractivity contribution >= 4 is 60.4 Å². The molecule has 0 atom stereocenters. The Labute approximate surface area is 212 Å². The Kier molecular flexibility index (Phi) is 7.17. The molecule has 1 aromatic carbocycles. The third-order valence-corrected chi connectivity index (χ3v) is 8.18. The molecule has 2 aromatic heterocycles. The second-order valence-corrected chi connectivity index (χ2v) is 13.1. The van der Waals surface area contributed by atoms with Crippen molar-refractivity contribution in [2.45, 2.75) is 6.42 Å². The van der Waals surface area contributed by atoms with Gasteiger partial charge >= 0.3 is 0 Å². The minimum absolute atomic E-state index is 0.0252. The molecular weight excluding hydrogens is 532 g/mol. The molecule has 1 aliphatic heterocycles. The lowest BCUT2D eigenvalue weighted by molar-refractivity contribution is -0.114. The van der Waals surface area contributed by atoms with E-state index in [1.54, 1.807) is 48.5 Å². The average Bonchev–Trinajstić information content (AvgIpc) is 3.37. The van der Waals surface area contributed by atoms with Gasteiger partial charge in [0.2, 0.25) is 20.0 Å². The van der Waals surface area contributed by atoms with Crippen LogP contribution in [0, 0.1) is 0 Å². The Morgan fingerprint density at radius 3 is 2.49 bits per heavy atom. The number of anilines is 2. The lowest BCUT2D eigenvalue weighted by Gasteiger charge is -2.17. The van der Waals surface area contributed by atoms with E-state index in [1.807, 2.05) is 0 Å². The van der Waals surface area contributed by atoms with E-state index in [2.05, 4.69) is 14.4 Å². The van der Waals surface area contributed by atoms with Crippen LogP contribution in [0.25, 0.3) is 11.1 Å².